The highest BCUT2D eigenvalue weighted by Gasteiger charge is 2.41. The van der Waals surface area contributed by atoms with Crippen molar-refractivity contribution in [1.82, 2.24) is 10.2 Å². The molecule has 7 heteroatoms. The minimum atomic E-state index is -0.614. The number of benzene rings is 2. The number of methoxy groups -OCH3 is 1. The lowest BCUT2D eigenvalue weighted by Crippen LogP contribution is -2.45. The van der Waals surface area contributed by atoms with Crippen LogP contribution in [0, 0.1) is 0 Å². The molecule has 0 radical (unpaired) electrons. The normalized spacial score (nSPS) is 13.3. The van der Waals surface area contributed by atoms with Crippen LogP contribution in [0.1, 0.15) is 47.1 Å². The Labute approximate surface area is 170 Å². The van der Waals surface area contributed by atoms with Gasteiger partial charge in [-0.15, -0.1) is 0 Å². The predicted molar refractivity (Wildman–Crippen MR) is 110 cm³/mol. The molecule has 2 N–H and O–H groups in total. The zero-order chi connectivity index (χ0) is 21.2. The zero-order valence-electron chi connectivity index (χ0n) is 17.0. The summed E-state index contributed by atoms with van der Waals surface area (Å²) in [6.45, 7) is 5.85. The highest BCUT2D eigenvalue weighted by Crippen LogP contribution is 2.30. The van der Waals surface area contributed by atoms with Crippen LogP contribution >= 0.6 is 0 Å². The van der Waals surface area contributed by atoms with Crippen LogP contribution in [0.4, 0.5) is 10.5 Å². The summed E-state index contributed by atoms with van der Waals surface area (Å²) in [5.74, 6) is 0.114. The maximum Gasteiger partial charge on any atom is 0.319 e. The molecule has 0 aromatic heterocycles. The van der Waals surface area contributed by atoms with Crippen LogP contribution in [0.2, 0.25) is 0 Å². The van der Waals surface area contributed by atoms with E-state index in [0.717, 1.165) is 11.3 Å². The number of carbonyl (C=O) groups excluding carboxylic acids is 3. The number of carbonyl (C=O) groups is 3. The number of amides is 4. The standard InChI is InChI=1S/C22H25N3O4/c1-22(2,3)25-19(26)16-10-9-15(13-17(16)20(25)27)24-21(28)23-12-11-14-7-5-6-8-18(14)29-4/h5-10,13H,11-12H2,1-4H3,(H2,23,24,28). The number of hydrogen-bond donors (Lipinski definition) is 2. The van der Waals surface area contributed by atoms with Crippen molar-refractivity contribution >= 4 is 23.5 Å². The number of nitrogens with one attached hydrogen (secondary N) is 2. The number of urea groups is 1. The van der Waals surface area contributed by atoms with E-state index in [4.69, 9.17) is 4.74 Å². The second-order valence-corrected chi connectivity index (χ2v) is 7.82. The number of fused-ring (bicyclic) bond motifs is 1. The van der Waals surface area contributed by atoms with Gasteiger partial charge in [0.05, 0.1) is 18.2 Å². The van der Waals surface area contributed by atoms with Crippen LogP contribution in [0.3, 0.4) is 0 Å². The second kappa shape index (κ2) is 7.95. The zero-order valence-corrected chi connectivity index (χ0v) is 17.0. The minimum Gasteiger partial charge on any atom is -0.496 e. The second-order valence-electron chi connectivity index (χ2n) is 7.82. The summed E-state index contributed by atoms with van der Waals surface area (Å²) in [5, 5.41) is 5.50. The van der Waals surface area contributed by atoms with Gasteiger partial charge in [-0.25, -0.2) is 4.79 Å². The molecular formula is C22H25N3O4. The summed E-state index contributed by atoms with van der Waals surface area (Å²) in [4.78, 5) is 38.6. The van der Waals surface area contributed by atoms with E-state index < -0.39 is 5.54 Å². The van der Waals surface area contributed by atoms with Gasteiger partial charge in [0.15, 0.2) is 0 Å². The molecule has 29 heavy (non-hydrogen) atoms. The van der Waals surface area contributed by atoms with E-state index in [0.29, 0.717) is 29.8 Å². The summed E-state index contributed by atoms with van der Waals surface area (Å²) in [5.41, 5.74) is 1.50. The van der Waals surface area contributed by atoms with E-state index in [1.807, 2.05) is 45.0 Å². The Morgan fingerprint density at radius 1 is 1.03 bits per heavy atom. The molecule has 3 rings (SSSR count). The average Bonchev–Trinajstić information content (AvgIpc) is 2.92. The molecule has 2 aromatic carbocycles. The van der Waals surface area contributed by atoms with Gasteiger partial charge in [0, 0.05) is 17.8 Å². The Kier molecular flexibility index (Phi) is 5.59. The Morgan fingerprint density at radius 2 is 1.72 bits per heavy atom. The molecular weight excluding hydrogens is 370 g/mol. The SMILES string of the molecule is COc1ccccc1CCNC(=O)Nc1ccc2c(c1)C(=O)N(C(C)(C)C)C2=O. The minimum absolute atomic E-state index is 0.303. The van der Waals surface area contributed by atoms with Crippen LogP contribution in [-0.4, -0.2) is 41.9 Å². The van der Waals surface area contributed by atoms with Gasteiger partial charge in [0.25, 0.3) is 11.8 Å². The summed E-state index contributed by atoms with van der Waals surface area (Å²) in [7, 11) is 1.61. The first kappa shape index (κ1) is 20.4. The molecule has 0 spiro atoms. The maximum absolute atomic E-state index is 12.6. The number of hydrogen-bond acceptors (Lipinski definition) is 4. The molecule has 2 aromatic rings. The number of nitrogens with zero attached hydrogens (tertiary/aromatic N) is 1. The van der Waals surface area contributed by atoms with Gasteiger partial charge in [-0.3, -0.25) is 14.5 Å². The monoisotopic (exact) mass is 395 g/mol. The maximum atomic E-state index is 12.6. The van der Waals surface area contributed by atoms with Crippen molar-refractivity contribution in [3.63, 3.8) is 0 Å². The third kappa shape index (κ3) is 4.23. The van der Waals surface area contributed by atoms with Crippen LogP contribution in [0.15, 0.2) is 42.5 Å². The van der Waals surface area contributed by atoms with Gasteiger partial charge >= 0.3 is 6.03 Å². The van der Waals surface area contributed by atoms with Crippen molar-refractivity contribution in [2.45, 2.75) is 32.7 Å². The predicted octanol–water partition coefficient (Wildman–Crippen LogP) is 3.45. The van der Waals surface area contributed by atoms with Crippen LogP contribution in [0.25, 0.3) is 0 Å². The molecule has 0 saturated heterocycles. The third-order valence-corrected chi connectivity index (χ3v) is 4.69. The first-order valence-electron chi connectivity index (χ1n) is 9.42. The number of imide groups is 1. The number of ether oxygens (including phenoxy) is 1. The molecule has 1 heterocycles. The highest BCUT2D eigenvalue weighted by atomic mass is 16.5. The van der Waals surface area contributed by atoms with Crippen molar-refractivity contribution in [3.8, 4) is 5.75 Å². The van der Waals surface area contributed by atoms with Gasteiger partial charge in [-0.05, 0) is 57.0 Å². The van der Waals surface area contributed by atoms with Crippen LogP contribution in [0.5, 0.6) is 5.75 Å². The van der Waals surface area contributed by atoms with Crippen LogP contribution in [-0.2, 0) is 6.42 Å². The number of rotatable bonds is 5. The van der Waals surface area contributed by atoms with Gasteiger partial charge in [0.2, 0.25) is 0 Å². The lowest BCUT2D eigenvalue weighted by atomic mass is 10.1. The molecule has 0 unspecified atom stereocenters. The first-order valence-corrected chi connectivity index (χ1v) is 9.42. The number of anilines is 1. The first-order chi connectivity index (χ1) is 13.7. The molecule has 152 valence electrons. The fourth-order valence-electron chi connectivity index (χ4n) is 3.32. The van der Waals surface area contributed by atoms with Gasteiger partial charge in [-0.1, -0.05) is 18.2 Å². The lowest BCUT2D eigenvalue weighted by Gasteiger charge is -2.29. The van der Waals surface area contributed by atoms with E-state index in [9.17, 15) is 14.4 Å². The molecule has 4 amide bonds. The van der Waals surface area contributed by atoms with Crippen LogP contribution < -0.4 is 15.4 Å². The summed E-state index contributed by atoms with van der Waals surface area (Å²) >= 11 is 0. The molecule has 0 aliphatic carbocycles. The molecule has 0 bridgehead atoms. The molecule has 0 atom stereocenters. The molecule has 7 nitrogen and oxygen atoms in total. The van der Waals surface area contributed by atoms with E-state index in [1.54, 1.807) is 25.3 Å². The fourth-order valence-corrected chi connectivity index (χ4v) is 3.32. The summed E-state index contributed by atoms with van der Waals surface area (Å²) in [6, 6.07) is 12.0. The topological polar surface area (TPSA) is 87.7 Å². The van der Waals surface area contributed by atoms with Crippen molar-refractivity contribution < 1.29 is 19.1 Å². The Bertz CT molecular complexity index is 963. The van der Waals surface area contributed by atoms with E-state index in [1.165, 1.54) is 4.90 Å². The van der Waals surface area contributed by atoms with Crippen molar-refractivity contribution in [3.05, 3.63) is 59.2 Å². The Hall–Kier alpha value is -3.35. The largest absolute Gasteiger partial charge is 0.496 e. The van der Waals surface area contributed by atoms with Gasteiger partial charge in [0.1, 0.15) is 5.75 Å². The summed E-state index contributed by atoms with van der Waals surface area (Å²) < 4.78 is 5.30. The van der Waals surface area contributed by atoms with E-state index in [2.05, 4.69) is 10.6 Å². The average molecular weight is 395 g/mol. The molecule has 0 saturated carbocycles. The fraction of sp³-hybridized carbons (Fsp3) is 0.318. The lowest BCUT2D eigenvalue weighted by molar-refractivity contribution is 0.0507. The number of para-hydroxylation sites is 1. The van der Waals surface area contributed by atoms with E-state index >= 15 is 0 Å². The van der Waals surface area contributed by atoms with Gasteiger partial charge < -0.3 is 15.4 Å². The van der Waals surface area contributed by atoms with Crippen molar-refractivity contribution in [2.24, 2.45) is 0 Å². The highest BCUT2D eigenvalue weighted by molar-refractivity contribution is 6.22. The Morgan fingerprint density at radius 3 is 2.41 bits per heavy atom. The summed E-state index contributed by atoms with van der Waals surface area (Å²) in [6.07, 6.45) is 0.620. The molecule has 0 fully saturated rings. The van der Waals surface area contributed by atoms with Crippen molar-refractivity contribution in [2.75, 3.05) is 19.0 Å². The third-order valence-electron chi connectivity index (χ3n) is 4.69. The quantitative estimate of drug-likeness (QED) is 0.759. The van der Waals surface area contributed by atoms with Gasteiger partial charge in [-0.2, -0.15) is 0 Å². The molecule has 1 aliphatic rings. The van der Waals surface area contributed by atoms with E-state index in [-0.39, 0.29) is 17.8 Å². The molecule has 1 aliphatic heterocycles. The smallest absolute Gasteiger partial charge is 0.319 e. The van der Waals surface area contributed by atoms with Crippen molar-refractivity contribution in [1.29, 1.82) is 0 Å². The Balaban J connectivity index is 1.62.